The number of aliphatic hydroxyl groups is 5. The van der Waals surface area contributed by atoms with Gasteiger partial charge in [-0.05, 0) is 72.3 Å². The van der Waals surface area contributed by atoms with Crippen LogP contribution in [0.5, 0.6) is 0 Å². The fourth-order valence-corrected chi connectivity index (χ4v) is 9.81. The molecule has 1 aromatic carbocycles. The van der Waals surface area contributed by atoms with Crippen LogP contribution in [0.25, 0.3) is 0 Å². The van der Waals surface area contributed by atoms with E-state index in [0.717, 1.165) is 5.56 Å². The maximum Gasteiger partial charge on any atom is 0.311 e. The summed E-state index contributed by atoms with van der Waals surface area (Å²) in [5.74, 6) is -4.07. The highest BCUT2D eigenvalue weighted by Crippen LogP contribution is 2.42. The highest BCUT2D eigenvalue weighted by atomic mass is 16.7. The van der Waals surface area contributed by atoms with Crippen molar-refractivity contribution in [1.82, 2.24) is 4.90 Å². The lowest BCUT2D eigenvalue weighted by Gasteiger charge is -2.49. The third kappa shape index (κ3) is 10.1. The van der Waals surface area contributed by atoms with Crippen molar-refractivity contribution in [2.45, 2.75) is 192 Å². The Morgan fingerprint density at radius 1 is 0.898 bits per heavy atom. The maximum atomic E-state index is 14.3. The molecule has 4 heterocycles. The van der Waals surface area contributed by atoms with E-state index in [9.17, 15) is 30.3 Å². The topological polar surface area (TPSA) is 198 Å². The van der Waals surface area contributed by atoms with E-state index in [1.54, 1.807) is 48.5 Å². The first-order valence-electron chi connectivity index (χ1n) is 21.4. The molecule has 0 amide bonds. The van der Waals surface area contributed by atoms with E-state index in [4.69, 9.17) is 38.2 Å². The number of cyclic esters (lactones) is 1. The number of rotatable bonds is 8. The molecule has 0 aliphatic carbocycles. The lowest BCUT2D eigenvalue weighted by Crippen LogP contribution is -2.61. The first-order valence-corrected chi connectivity index (χ1v) is 21.4. The number of fused-ring (bicyclic) bond motifs is 1. The molecule has 0 bridgehead atoms. The van der Waals surface area contributed by atoms with E-state index in [-0.39, 0.29) is 31.4 Å². The summed E-state index contributed by atoms with van der Waals surface area (Å²) in [6.45, 7) is 17.4. The van der Waals surface area contributed by atoms with Crippen LogP contribution in [0.15, 0.2) is 35.3 Å². The zero-order chi connectivity index (χ0) is 43.8. The van der Waals surface area contributed by atoms with Crippen LogP contribution < -0.4 is 0 Å². The van der Waals surface area contributed by atoms with Gasteiger partial charge in [0.15, 0.2) is 18.7 Å². The second-order valence-electron chi connectivity index (χ2n) is 18.5. The molecular weight excluding hydrogens is 764 g/mol. The zero-order valence-electron chi connectivity index (χ0n) is 37.1. The number of ether oxygens (including phenoxy) is 7. The molecule has 1 aromatic rings. The normalized spacial score (nSPS) is 47.2. The molecule has 15 heteroatoms. The Morgan fingerprint density at radius 3 is 2.19 bits per heavy atom. The molecule has 336 valence electrons. The number of methoxy groups -OCH3 is 1. The Kier molecular flexibility index (Phi) is 15.2. The van der Waals surface area contributed by atoms with Gasteiger partial charge < -0.3 is 63.6 Å². The molecule has 19 atom stereocenters. The summed E-state index contributed by atoms with van der Waals surface area (Å²) in [5.41, 5.74) is -3.68. The SMILES string of the molecule is CC[C@H]1OC(=O)[C@H](C)[C@@H](O[C@H]2C[C@@](C)(OC)[C@@H](O)[C@H](C)O2)[C@H](C)[C@@H](O[C@H]2O[C@H](C)C[C@H]3[C@H]2OC(=NCc2ccccc2)N3C)[C@](C)(O)C[C@@H](C)[C@H](O)[C@H](C)[C@@H](O)[C@]1(C)O. The van der Waals surface area contributed by atoms with Gasteiger partial charge in [0.1, 0.15) is 17.8 Å². The van der Waals surface area contributed by atoms with Gasteiger partial charge in [-0.15, -0.1) is 0 Å². The number of aliphatic imine (C=N–C) groups is 1. The summed E-state index contributed by atoms with van der Waals surface area (Å²) < 4.78 is 44.7. The average Bonchev–Trinajstić information content (AvgIpc) is 3.51. The highest BCUT2D eigenvalue weighted by molar-refractivity contribution is 5.76. The van der Waals surface area contributed by atoms with Crippen LogP contribution in [0.2, 0.25) is 0 Å². The van der Waals surface area contributed by atoms with E-state index in [1.165, 1.54) is 14.0 Å². The number of nitrogens with zero attached hydrogens (tertiary/aromatic N) is 2. The molecule has 59 heavy (non-hydrogen) atoms. The van der Waals surface area contributed by atoms with Crippen molar-refractivity contribution in [2.75, 3.05) is 14.2 Å². The standard InChI is InChI=1S/C44H72N2O13/c1-13-31-44(10,52)36(48)25(4)33(47)23(2)20-42(8,51)38(26(5)34(27(6)39(50)56-31)57-32-21-43(9,53-12)37(49)28(7)55-32)59-40-35-30(19-24(3)54-40)46(11)41(58-35)45-22-29-17-15-14-16-18-29/h14-18,23-28,30-38,40,47-49,51-52H,13,19-22H2,1-12H3/t23-,24-,25+,26+,27-,28+,30+,31-,32+,33+,34+,35-,36-,37+,38-,40-,42-,43-,44-/m1/s1. The predicted molar refractivity (Wildman–Crippen MR) is 218 cm³/mol. The number of benzene rings is 1. The van der Waals surface area contributed by atoms with Crippen LogP contribution in [0.3, 0.4) is 0 Å². The number of carbonyl (C=O) groups excluding carboxylic acids is 1. The average molecular weight is 837 g/mol. The molecule has 0 saturated carbocycles. The number of likely N-dealkylation sites (N-methyl/N-ethyl adjacent to an activating group) is 1. The van der Waals surface area contributed by atoms with Gasteiger partial charge in [-0.2, -0.15) is 0 Å². The second-order valence-corrected chi connectivity index (χ2v) is 18.5. The smallest absolute Gasteiger partial charge is 0.311 e. The van der Waals surface area contributed by atoms with Gasteiger partial charge in [0.25, 0.3) is 6.02 Å². The van der Waals surface area contributed by atoms with Crippen LogP contribution in [0, 0.1) is 23.7 Å². The molecule has 4 aliphatic heterocycles. The summed E-state index contributed by atoms with van der Waals surface area (Å²) in [5, 5.41) is 58.7. The fraction of sp³-hybridized carbons (Fsp3) is 0.818. The molecule has 0 radical (unpaired) electrons. The Balaban J connectivity index is 1.56. The van der Waals surface area contributed by atoms with Gasteiger partial charge >= 0.3 is 5.97 Å². The van der Waals surface area contributed by atoms with Gasteiger partial charge in [0, 0.05) is 32.4 Å². The van der Waals surface area contributed by atoms with Gasteiger partial charge in [0.05, 0.1) is 66.3 Å². The molecule has 4 fully saturated rings. The van der Waals surface area contributed by atoms with Crippen LogP contribution in [0.4, 0.5) is 0 Å². The minimum Gasteiger partial charge on any atom is -0.459 e. The van der Waals surface area contributed by atoms with Crippen molar-refractivity contribution >= 4 is 12.0 Å². The van der Waals surface area contributed by atoms with E-state index >= 15 is 0 Å². The number of esters is 1. The Morgan fingerprint density at radius 2 is 1.56 bits per heavy atom. The van der Waals surface area contributed by atoms with Gasteiger partial charge in [-0.1, -0.05) is 58.0 Å². The Bertz CT molecular complexity index is 1560. The van der Waals surface area contributed by atoms with Crippen LogP contribution >= 0.6 is 0 Å². The van der Waals surface area contributed by atoms with Crippen LogP contribution in [0.1, 0.15) is 100 Å². The van der Waals surface area contributed by atoms with E-state index in [1.807, 2.05) is 56.1 Å². The minimum absolute atomic E-state index is 0.0169. The van der Waals surface area contributed by atoms with E-state index in [2.05, 4.69) is 0 Å². The first-order chi connectivity index (χ1) is 27.6. The lowest BCUT2D eigenvalue weighted by molar-refractivity contribution is -0.314. The molecule has 0 spiro atoms. The maximum absolute atomic E-state index is 14.3. The first kappa shape index (κ1) is 47.6. The number of carbonyl (C=O) groups is 1. The summed E-state index contributed by atoms with van der Waals surface area (Å²) in [6.07, 6.45) is -9.68. The molecule has 5 rings (SSSR count). The Labute approximate surface area is 350 Å². The predicted octanol–water partition coefficient (Wildman–Crippen LogP) is 3.54. The number of hydrogen-bond acceptors (Lipinski definition) is 14. The van der Waals surface area contributed by atoms with Crippen LogP contribution in [-0.2, 0) is 44.5 Å². The molecule has 0 aromatic heterocycles. The molecule has 0 unspecified atom stereocenters. The Hall–Kier alpha value is -2.44. The van der Waals surface area contributed by atoms with Crippen LogP contribution in [-0.4, -0.2) is 147 Å². The number of amidine groups is 1. The third-order valence-electron chi connectivity index (χ3n) is 13.6. The fourth-order valence-electron chi connectivity index (χ4n) is 9.81. The molecule has 15 nitrogen and oxygen atoms in total. The summed E-state index contributed by atoms with van der Waals surface area (Å²) in [6, 6.07) is 10.1. The zero-order valence-corrected chi connectivity index (χ0v) is 37.1. The second kappa shape index (κ2) is 18.9. The largest absolute Gasteiger partial charge is 0.459 e. The summed E-state index contributed by atoms with van der Waals surface area (Å²) in [4.78, 5) is 21.1. The molecular formula is C44H72N2O13. The van der Waals surface area contributed by atoms with Gasteiger partial charge in [-0.3, -0.25) is 4.79 Å². The van der Waals surface area contributed by atoms with Crippen molar-refractivity contribution in [3.63, 3.8) is 0 Å². The third-order valence-corrected chi connectivity index (χ3v) is 13.6. The molecule has 5 N–H and O–H groups in total. The van der Waals surface area contributed by atoms with Crippen molar-refractivity contribution in [1.29, 1.82) is 0 Å². The van der Waals surface area contributed by atoms with Crippen molar-refractivity contribution in [3.8, 4) is 0 Å². The quantitative estimate of drug-likeness (QED) is 0.239. The number of aliphatic hydroxyl groups excluding tert-OH is 3. The highest BCUT2D eigenvalue weighted by Gasteiger charge is 2.55. The minimum atomic E-state index is -1.94. The lowest BCUT2D eigenvalue weighted by atomic mass is 9.73. The molecule has 4 aliphatic rings. The summed E-state index contributed by atoms with van der Waals surface area (Å²) >= 11 is 0. The van der Waals surface area contributed by atoms with Gasteiger partial charge in [0.2, 0.25) is 0 Å². The monoisotopic (exact) mass is 837 g/mol. The van der Waals surface area contributed by atoms with E-state index in [0.29, 0.717) is 19.0 Å². The van der Waals surface area contributed by atoms with E-state index < -0.39 is 108 Å². The number of hydrogen-bond donors (Lipinski definition) is 5. The van der Waals surface area contributed by atoms with Crippen molar-refractivity contribution in [3.05, 3.63) is 35.9 Å². The summed E-state index contributed by atoms with van der Waals surface area (Å²) in [7, 11) is 3.43. The molecule has 4 saturated heterocycles. The van der Waals surface area contributed by atoms with Crippen molar-refractivity contribution < 1.29 is 63.5 Å². The van der Waals surface area contributed by atoms with Crippen molar-refractivity contribution in [2.24, 2.45) is 28.7 Å². The van der Waals surface area contributed by atoms with Gasteiger partial charge in [-0.25, -0.2) is 4.99 Å².